The fraction of sp³-hybridized carbons (Fsp3) is 0.391. The van der Waals surface area contributed by atoms with Gasteiger partial charge in [-0.1, -0.05) is 29.4 Å². The number of oxime groups is 1. The Balaban J connectivity index is 0.00000341. The van der Waals surface area contributed by atoms with Gasteiger partial charge < -0.3 is 19.4 Å². The first-order chi connectivity index (χ1) is 14.6. The first-order valence-corrected chi connectivity index (χ1v) is 10.0. The molecule has 1 saturated heterocycles. The van der Waals surface area contributed by atoms with Crippen LogP contribution in [0.3, 0.4) is 0 Å². The molecule has 168 valence electrons. The van der Waals surface area contributed by atoms with Crippen LogP contribution in [0.1, 0.15) is 24.0 Å². The number of carboxylic acid groups (broad SMARTS) is 1. The Morgan fingerprint density at radius 2 is 1.97 bits per heavy atom. The van der Waals surface area contributed by atoms with E-state index in [2.05, 4.69) is 10.1 Å². The maximum Gasteiger partial charge on any atom is 0.307 e. The molecule has 1 heterocycles. The molecule has 1 aliphatic rings. The highest BCUT2D eigenvalue weighted by molar-refractivity contribution is 6.14. The summed E-state index contributed by atoms with van der Waals surface area (Å²) >= 11 is 0. The van der Waals surface area contributed by atoms with Gasteiger partial charge in [-0.2, -0.15) is 0 Å². The van der Waals surface area contributed by atoms with E-state index >= 15 is 0 Å². The first-order valence-electron chi connectivity index (χ1n) is 10.0. The van der Waals surface area contributed by atoms with E-state index in [-0.39, 0.29) is 18.3 Å². The molecule has 0 spiro atoms. The number of para-hydroxylation sites is 1. The summed E-state index contributed by atoms with van der Waals surface area (Å²) in [6, 6.07) is 15.3. The van der Waals surface area contributed by atoms with Gasteiger partial charge in [0.25, 0.3) is 0 Å². The van der Waals surface area contributed by atoms with Crippen LogP contribution in [0.2, 0.25) is 0 Å². The summed E-state index contributed by atoms with van der Waals surface area (Å²) in [5.74, 6) is 0.393. The Morgan fingerprint density at radius 3 is 2.71 bits per heavy atom. The fourth-order valence-corrected chi connectivity index (χ4v) is 3.61. The number of hydrogen-bond donors (Lipinski definition) is 1. The molecule has 1 N–H and O–H groups in total. The Morgan fingerprint density at radius 1 is 1.16 bits per heavy atom. The van der Waals surface area contributed by atoms with Crippen LogP contribution in [0.25, 0.3) is 0 Å². The summed E-state index contributed by atoms with van der Waals surface area (Å²) in [6.07, 6.45) is 1.62. The van der Waals surface area contributed by atoms with Crippen molar-refractivity contribution in [3.05, 3.63) is 59.7 Å². The largest absolute Gasteiger partial charge is 0.497 e. The van der Waals surface area contributed by atoms with E-state index < -0.39 is 5.97 Å². The normalized spacial score (nSPS) is 16.8. The Bertz CT molecular complexity index is 890. The van der Waals surface area contributed by atoms with Crippen molar-refractivity contribution in [3.63, 3.8) is 0 Å². The molecule has 1 atom stereocenters. The summed E-state index contributed by atoms with van der Waals surface area (Å²) in [4.78, 5) is 19.0. The lowest BCUT2D eigenvalue weighted by atomic mass is 9.98. The van der Waals surface area contributed by atoms with Crippen molar-refractivity contribution >= 4 is 24.1 Å². The van der Waals surface area contributed by atoms with Gasteiger partial charge in [-0.05, 0) is 43.7 Å². The van der Waals surface area contributed by atoms with E-state index in [1.165, 1.54) is 0 Å². The Labute approximate surface area is 189 Å². The van der Waals surface area contributed by atoms with Crippen molar-refractivity contribution in [1.29, 1.82) is 0 Å². The van der Waals surface area contributed by atoms with Crippen molar-refractivity contribution in [2.24, 2.45) is 11.1 Å². The van der Waals surface area contributed by atoms with Gasteiger partial charge in [0.05, 0.1) is 20.1 Å². The van der Waals surface area contributed by atoms with Gasteiger partial charge in [-0.25, -0.2) is 0 Å². The highest BCUT2D eigenvalue weighted by atomic mass is 35.5. The number of ether oxygens (including phenoxy) is 2. The molecule has 2 aromatic rings. The number of benzene rings is 2. The number of aliphatic carboxylic acids is 1. The molecule has 0 saturated carbocycles. The van der Waals surface area contributed by atoms with Gasteiger partial charge in [-0.3, -0.25) is 9.69 Å². The number of halogens is 1. The number of carboxylic acids is 1. The molecule has 8 heteroatoms. The summed E-state index contributed by atoms with van der Waals surface area (Å²) in [5.41, 5.74) is 2.31. The Hall–Kier alpha value is -2.77. The van der Waals surface area contributed by atoms with E-state index in [1.54, 1.807) is 14.2 Å². The molecule has 2 aromatic carbocycles. The third kappa shape index (κ3) is 6.60. The maximum atomic E-state index is 11.2. The second-order valence-corrected chi connectivity index (χ2v) is 7.18. The summed E-state index contributed by atoms with van der Waals surface area (Å²) in [5, 5.41) is 13.7. The summed E-state index contributed by atoms with van der Waals surface area (Å²) < 4.78 is 10.9. The maximum absolute atomic E-state index is 11.2. The lowest BCUT2D eigenvalue weighted by Crippen LogP contribution is -2.40. The Kier molecular flexibility index (Phi) is 9.62. The van der Waals surface area contributed by atoms with Crippen LogP contribution in [0, 0.1) is 5.92 Å². The zero-order valence-corrected chi connectivity index (χ0v) is 18.6. The predicted octanol–water partition coefficient (Wildman–Crippen LogP) is 3.69. The first kappa shape index (κ1) is 24.5. The van der Waals surface area contributed by atoms with E-state index in [0.717, 1.165) is 36.3 Å². The number of nitrogens with zero attached hydrogens (tertiary/aromatic N) is 2. The van der Waals surface area contributed by atoms with E-state index in [1.807, 2.05) is 48.5 Å². The third-order valence-corrected chi connectivity index (χ3v) is 5.21. The molecule has 1 aliphatic heterocycles. The van der Waals surface area contributed by atoms with Crippen LogP contribution in [-0.2, 0) is 9.63 Å². The fourth-order valence-electron chi connectivity index (χ4n) is 3.61. The average Bonchev–Trinajstić information content (AvgIpc) is 2.79. The van der Waals surface area contributed by atoms with Gasteiger partial charge in [0.2, 0.25) is 0 Å². The zero-order valence-electron chi connectivity index (χ0n) is 17.8. The molecule has 0 aliphatic carbocycles. The van der Waals surface area contributed by atoms with Crippen LogP contribution in [0.5, 0.6) is 11.5 Å². The van der Waals surface area contributed by atoms with Crippen LogP contribution in [-0.4, -0.2) is 62.1 Å². The average molecular weight is 449 g/mol. The number of piperidine rings is 1. The van der Waals surface area contributed by atoms with Crippen LogP contribution in [0.4, 0.5) is 0 Å². The van der Waals surface area contributed by atoms with Crippen LogP contribution < -0.4 is 9.47 Å². The molecule has 31 heavy (non-hydrogen) atoms. The minimum absolute atomic E-state index is 0. The number of carbonyl (C=O) groups is 1. The molecule has 0 bridgehead atoms. The van der Waals surface area contributed by atoms with E-state index in [0.29, 0.717) is 31.2 Å². The molecular formula is C23H29ClN2O5. The quantitative estimate of drug-likeness (QED) is 0.358. The molecular weight excluding hydrogens is 420 g/mol. The van der Waals surface area contributed by atoms with Gasteiger partial charge in [0.1, 0.15) is 23.8 Å². The second kappa shape index (κ2) is 12.2. The van der Waals surface area contributed by atoms with Crippen molar-refractivity contribution in [1.82, 2.24) is 4.90 Å². The second-order valence-electron chi connectivity index (χ2n) is 7.18. The monoisotopic (exact) mass is 448 g/mol. The molecule has 0 unspecified atom stereocenters. The standard InChI is InChI=1S/C23H28N2O5.ClH/c1-28-19-9-5-7-17(15-19)22(20-10-3-4-11-21(20)29-2)24-30-14-13-25-12-6-8-18(16-25)23(26)27;/h3-5,7,9-11,15,18H,6,8,12-14,16H2,1-2H3,(H,26,27);1H/b24-22-;/t18-;/m1./s1. The van der Waals surface area contributed by atoms with Crippen LogP contribution in [0.15, 0.2) is 53.7 Å². The van der Waals surface area contributed by atoms with Gasteiger partial charge in [-0.15, -0.1) is 12.4 Å². The lowest BCUT2D eigenvalue weighted by Gasteiger charge is -2.29. The molecule has 1 fully saturated rings. The number of methoxy groups -OCH3 is 2. The number of rotatable bonds is 9. The molecule has 7 nitrogen and oxygen atoms in total. The van der Waals surface area contributed by atoms with Gasteiger partial charge in [0.15, 0.2) is 0 Å². The zero-order chi connectivity index (χ0) is 21.3. The molecule has 3 rings (SSSR count). The molecule has 0 amide bonds. The van der Waals surface area contributed by atoms with E-state index in [9.17, 15) is 9.90 Å². The minimum atomic E-state index is -0.727. The van der Waals surface area contributed by atoms with Gasteiger partial charge in [0, 0.05) is 24.2 Å². The summed E-state index contributed by atoms with van der Waals surface area (Å²) in [6.45, 7) is 2.43. The van der Waals surface area contributed by atoms with Gasteiger partial charge >= 0.3 is 5.97 Å². The highest BCUT2D eigenvalue weighted by Gasteiger charge is 2.25. The smallest absolute Gasteiger partial charge is 0.307 e. The van der Waals surface area contributed by atoms with Crippen molar-refractivity contribution in [2.75, 3.05) is 40.5 Å². The molecule has 0 radical (unpaired) electrons. The molecule has 0 aromatic heterocycles. The van der Waals surface area contributed by atoms with Crippen molar-refractivity contribution < 1.29 is 24.2 Å². The topological polar surface area (TPSA) is 80.6 Å². The number of likely N-dealkylation sites (tertiary alicyclic amines) is 1. The van der Waals surface area contributed by atoms with Crippen LogP contribution >= 0.6 is 12.4 Å². The number of hydrogen-bond acceptors (Lipinski definition) is 6. The predicted molar refractivity (Wildman–Crippen MR) is 122 cm³/mol. The summed E-state index contributed by atoms with van der Waals surface area (Å²) in [7, 11) is 3.25. The highest BCUT2D eigenvalue weighted by Crippen LogP contribution is 2.24. The van der Waals surface area contributed by atoms with Crippen molar-refractivity contribution in [2.45, 2.75) is 12.8 Å². The minimum Gasteiger partial charge on any atom is -0.497 e. The lowest BCUT2D eigenvalue weighted by molar-refractivity contribution is -0.143. The SMILES string of the molecule is COc1cccc(/C(=N/OCCN2CCC[C@@H](C(=O)O)C2)c2ccccc2OC)c1.Cl. The van der Waals surface area contributed by atoms with E-state index in [4.69, 9.17) is 14.3 Å². The van der Waals surface area contributed by atoms with Crippen molar-refractivity contribution in [3.8, 4) is 11.5 Å². The third-order valence-electron chi connectivity index (χ3n) is 5.21.